The fourth-order valence-electron chi connectivity index (χ4n) is 2.90. The molecule has 0 aromatic carbocycles. The van der Waals surface area contributed by atoms with Gasteiger partial charge in [0.05, 0.1) is 6.10 Å². The number of methoxy groups -OCH3 is 1. The van der Waals surface area contributed by atoms with Gasteiger partial charge < -0.3 is 9.84 Å². The average molecular weight is 214 g/mol. The topological polar surface area (TPSA) is 29.5 Å². The summed E-state index contributed by atoms with van der Waals surface area (Å²) in [6.07, 6.45) is 8.26. The maximum atomic E-state index is 10.1. The van der Waals surface area contributed by atoms with Crippen molar-refractivity contribution < 1.29 is 9.84 Å². The van der Waals surface area contributed by atoms with E-state index in [1.807, 2.05) is 0 Å². The van der Waals surface area contributed by atoms with Gasteiger partial charge in [0.2, 0.25) is 0 Å². The first-order valence-electron chi connectivity index (χ1n) is 6.46. The number of aliphatic hydroxyl groups excluding tert-OH is 1. The minimum absolute atomic E-state index is 0.0922. The normalized spacial score (nSPS) is 29.0. The van der Waals surface area contributed by atoms with Gasteiger partial charge in [0.15, 0.2) is 0 Å². The van der Waals surface area contributed by atoms with Gasteiger partial charge in [0.25, 0.3) is 0 Å². The van der Waals surface area contributed by atoms with Gasteiger partial charge in [-0.15, -0.1) is 0 Å². The summed E-state index contributed by atoms with van der Waals surface area (Å²) in [7, 11) is 1.72. The molecule has 0 aromatic rings. The van der Waals surface area contributed by atoms with Gasteiger partial charge in [-0.1, -0.05) is 32.6 Å². The Labute approximate surface area is 94.0 Å². The minimum atomic E-state index is -0.0922. The van der Waals surface area contributed by atoms with Crippen LogP contribution in [0.4, 0.5) is 0 Å². The molecule has 1 rings (SSSR count). The van der Waals surface area contributed by atoms with Crippen molar-refractivity contribution in [2.24, 2.45) is 11.8 Å². The lowest BCUT2D eigenvalue weighted by atomic mass is 9.74. The molecule has 0 radical (unpaired) electrons. The van der Waals surface area contributed by atoms with Crippen molar-refractivity contribution in [1.82, 2.24) is 0 Å². The summed E-state index contributed by atoms with van der Waals surface area (Å²) in [6, 6.07) is 0. The first-order valence-corrected chi connectivity index (χ1v) is 6.46. The van der Waals surface area contributed by atoms with Crippen LogP contribution in [0.15, 0.2) is 0 Å². The van der Waals surface area contributed by atoms with Crippen LogP contribution in [0, 0.1) is 11.8 Å². The van der Waals surface area contributed by atoms with E-state index < -0.39 is 0 Å². The molecule has 2 heteroatoms. The van der Waals surface area contributed by atoms with Crippen LogP contribution >= 0.6 is 0 Å². The Morgan fingerprint density at radius 3 is 2.73 bits per heavy atom. The van der Waals surface area contributed by atoms with Gasteiger partial charge in [-0.3, -0.25) is 0 Å². The van der Waals surface area contributed by atoms with E-state index in [-0.39, 0.29) is 6.10 Å². The number of hydrogen-bond donors (Lipinski definition) is 1. The Morgan fingerprint density at radius 2 is 2.07 bits per heavy atom. The third-order valence-corrected chi connectivity index (χ3v) is 3.83. The zero-order chi connectivity index (χ0) is 11.1. The highest BCUT2D eigenvalue weighted by Crippen LogP contribution is 2.35. The molecule has 0 heterocycles. The van der Waals surface area contributed by atoms with Crippen LogP contribution in [0.25, 0.3) is 0 Å². The van der Waals surface area contributed by atoms with Gasteiger partial charge in [-0.25, -0.2) is 0 Å². The molecule has 1 aliphatic rings. The molecule has 15 heavy (non-hydrogen) atoms. The van der Waals surface area contributed by atoms with Gasteiger partial charge >= 0.3 is 0 Å². The quantitative estimate of drug-likeness (QED) is 0.689. The zero-order valence-corrected chi connectivity index (χ0v) is 10.2. The monoisotopic (exact) mass is 214 g/mol. The summed E-state index contributed by atoms with van der Waals surface area (Å²) in [5, 5.41) is 10.1. The summed E-state index contributed by atoms with van der Waals surface area (Å²) in [6.45, 7) is 3.03. The van der Waals surface area contributed by atoms with E-state index in [4.69, 9.17) is 4.74 Å². The Kier molecular flexibility index (Phi) is 6.26. The molecule has 0 spiro atoms. The predicted molar refractivity (Wildman–Crippen MR) is 62.9 cm³/mol. The van der Waals surface area contributed by atoms with E-state index in [1.165, 1.54) is 32.1 Å². The zero-order valence-electron chi connectivity index (χ0n) is 10.2. The van der Waals surface area contributed by atoms with Crippen LogP contribution in [-0.4, -0.2) is 24.9 Å². The summed E-state index contributed by atoms with van der Waals surface area (Å²) < 4.78 is 5.02. The number of rotatable bonds is 6. The van der Waals surface area contributed by atoms with Crippen LogP contribution in [0.3, 0.4) is 0 Å². The predicted octanol–water partition coefficient (Wildman–Crippen LogP) is 2.99. The average Bonchev–Trinajstić information content (AvgIpc) is 2.29. The molecule has 1 saturated carbocycles. The van der Waals surface area contributed by atoms with Gasteiger partial charge in [0.1, 0.15) is 0 Å². The molecule has 0 aliphatic heterocycles. The van der Waals surface area contributed by atoms with Crippen molar-refractivity contribution in [2.45, 2.75) is 58.0 Å². The Hall–Kier alpha value is -0.0800. The highest BCUT2D eigenvalue weighted by Gasteiger charge is 2.28. The molecule has 0 aromatic heterocycles. The summed E-state index contributed by atoms with van der Waals surface area (Å²) in [4.78, 5) is 0. The number of aliphatic hydroxyl groups is 1. The van der Waals surface area contributed by atoms with E-state index in [0.29, 0.717) is 5.92 Å². The summed E-state index contributed by atoms with van der Waals surface area (Å²) >= 11 is 0. The van der Waals surface area contributed by atoms with Crippen molar-refractivity contribution >= 4 is 0 Å². The molecule has 2 nitrogen and oxygen atoms in total. The largest absolute Gasteiger partial charge is 0.393 e. The summed E-state index contributed by atoms with van der Waals surface area (Å²) in [5.74, 6) is 1.32. The second kappa shape index (κ2) is 7.24. The van der Waals surface area contributed by atoms with Crippen LogP contribution in [0.5, 0.6) is 0 Å². The second-order valence-electron chi connectivity index (χ2n) is 4.82. The maximum Gasteiger partial charge on any atom is 0.0571 e. The highest BCUT2D eigenvalue weighted by atomic mass is 16.5. The van der Waals surface area contributed by atoms with Crippen molar-refractivity contribution in [3.8, 4) is 0 Å². The first kappa shape index (κ1) is 13.0. The van der Waals surface area contributed by atoms with Gasteiger partial charge in [0, 0.05) is 13.7 Å². The Bertz CT molecular complexity index is 159. The molecule has 3 unspecified atom stereocenters. The van der Waals surface area contributed by atoms with Crippen molar-refractivity contribution in [3.63, 3.8) is 0 Å². The van der Waals surface area contributed by atoms with Gasteiger partial charge in [-0.05, 0) is 31.1 Å². The van der Waals surface area contributed by atoms with Crippen LogP contribution in [0.1, 0.15) is 51.9 Å². The Morgan fingerprint density at radius 1 is 1.33 bits per heavy atom. The molecule has 0 saturated heterocycles. The number of hydrogen-bond acceptors (Lipinski definition) is 2. The highest BCUT2D eigenvalue weighted by molar-refractivity contribution is 4.80. The third-order valence-electron chi connectivity index (χ3n) is 3.83. The first-order chi connectivity index (χ1) is 7.29. The smallest absolute Gasteiger partial charge is 0.0571 e. The lowest BCUT2D eigenvalue weighted by Gasteiger charge is -2.34. The molecule has 1 aliphatic carbocycles. The van der Waals surface area contributed by atoms with E-state index in [1.54, 1.807) is 7.11 Å². The third kappa shape index (κ3) is 4.12. The molecule has 90 valence electrons. The number of ether oxygens (including phenoxy) is 1. The fourth-order valence-corrected chi connectivity index (χ4v) is 2.90. The maximum absolute atomic E-state index is 10.1. The van der Waals surface area contributed by atoms with Crippen LogP contribution in [0.2, 0.25) is 0 Å². The molecular formula is C13H26O2. The molecule has 1 fully saturated rings. The lowest BCUT2D eigenvalue weighted by Crippen LogP contribution is -2.30. The van der Waals surface area contributed by atoms with E-state index in [2.05, 4.69) is 6.92 Å². The Balaban J connectivity index is 2.31. The molecule has 0 amide bonds. The fraction of sp³-hybridized carbons (Fsp3) is 1.00. The molecule has 3 atom stereocenters. The van der Waals surface area contributed by atoms with Crippen LogP contribution in [-0.2, 0) is 4.74 Å². The molecular weight excluding hydrogens is 188 g/mol. The summed E-state index contributed by atoms with van der Waals surface area (Å²) in [5.41, 5.74) is 0. The van der Waals surface area contributed by atoms with Crippen molar-refractivity contribution in [2.75, 3.05) is 13.7 Å². The van der Waals surface area contributed by atoms with E-state index >= 15 is 0 Å². The lowest BCUT2D eigenvalue weighted by molar-refractivity contribution is 0.0335. The van der Waals surface area contributed by atoms with Crippen molar-refractivity contribution in [1.29, 1.82) is 0 Å². The van der Waals surface area contributed by atoms with Crippen LogP contribution < -0.4 is 0 Å². The SMILES string of the molecule is CCC1CCCCC1C(O)CCCOC. The van der Waals surface area contributed by atoms with Crippen molar-refractivity contribution in [3.05, 3.63) is 0 Å². The minimum Gasteiger partial charge on any atom is -0.393 e. The second-order valence-corrected chi connectivity index (χ2v) is 4.82. The molecule has 1 N–H and O–H groups in total. The standard InChI is InChI=1S/C13H26O2/c1-3-11-7-4-5-8-12(11)13(14)9-6-10-15-2/h11-14H,3-10H2,1-2H3. The van der Waals surface area contributed by atoms with Gasteiger partial charge in [-0.2, -0.15) is 0 Å². The molecule has 0 bridgehead atoms. The van der Waals surface area contributed by atoms with E-state index in [0.717, 1.165) is 25.4 Å². The van der Waals surface area contributed by atoms with E-state index in [9.17, 15) is 5.11 Å².